The molecular formula is C20H14N4O6. The zero-order chi connectivity index (χ0) is 21.2. The molecule has 10 nitrogen and oxygen atoms in total. The average molecular weight is 406 g/mol. The maximum absolute atomic E-state index is 13.9. The van der Waals surface area contributed by atoms with E-state index in [0.717, 1.165) is 0 Å². The van der Waals surface area contributed by atoms with E-state index in [1.165, 1.54) is 0 Å². The maximum Gasteiger partial charge on any atom is 0.328 e. The molecule has 0 fully saturated rings. The number of aromatic amines is 2. The number of H-pyrrole nitrogens is 2. The number of carbonyl (C=O) groups is 1. The molecule has 10 heteroatoms. The fraction of sp³-hybridized carbons (Fsp3) is 0.150. The molecule has 1 aromatic heterocycles. The van der Waals surface area contributed by atoms with Crippen molar-refractivity contribution in [3.63, 3.8) is 0 Å². The third kappa shape index (κ3) is 1.99. The predicted molar refractivity (Wildman–Crippen MR) is 105 cm³/mol. The highest BCUT2D eigenvalue weighted by atomic mass is 16.6. The number of nitrogens with one attached hydrogen (secondary N) is 3. The Morgan fingerprint density at radius 1 is 1.13 bits per heavy atom. The number of allylic oxidation sites excluding steroid dienone is 1. The van der Waals surface area contributed by atoms with Crippen molar-refractivity contribution in [3.8, 4) is 5.88 Å². The van der Waals surface area contributed by atoms with Gasteiger partial charge in [-0.05, 0) is 23.3 Å². The molecule has 1 spiro atoms. The van der Waals surface area contributed by atoms with Crippen LogP contribution in [0.2, 0.25) is 0 Å². The Bertz CT molecular complexity index is 1430. The first-order valence-electron chi connectivity index (χ1n) is 9.16. The number of fused-ring (bicyclic) bond motifs is 3. The zero-order valence-corrected chi connectivity index (χ0v) is 15.6. The average Bonchev–Trinajstić information content (AvgIpc) is 2.93. The van der Waals surface area contributed by atoms with Crippen LogP contribution in [0.1, 0.15) is 28.4 Å². The minimum Gasteiger partial charge on any atom is -0.418 e. The molecule has 1 aliphatic heterocycles. The van der Waals surface area contributed by atoms with E-state index in [9.17, 15) is 24.5 Å². The Kier molecular flexibility index (Phi) is 3.51. The summed E-state index contributed by atoms with van der Waals surface area (Å²) in [4.78, 5) is 54.7. The van der Waals surface area contributed by atoms with Crippen molar-refractivity contribution in [2.24, 2.45) is 0 Å². The van der Waals surface area contributed by atoms with E-state index in [0.29, 0.717) is 16.3 Å². The van der Waals surface area contributed by atoms with Crippen molar-refractivity contribution in [3.05, 3.63) is 95.6 Å². The summed E-state index contributed by atoms with van der Waals surface area (Å²) in [6, 6.07) is 10.1. The van der Waals surface area contributed by atoms with Crippen LogP contribution in [-0.2, 0) is 5.41 Å². The number of rotatable bonds is 3. The Hall–Kier alpha value is -4.21. The van der Waals surface area contributed by atoms with Gasteiger partial charge in [0.25, 0.3) is 11.4 Å². The monoisotopic (exact) mass is 406 g/mol. The first kappa shape index (κ1) is 17.9. The molecule has 30 heavy (non-hydrogen) atoms. The summed E-state index contributed by atoms with van der Waals surface area (Å²) < 4.78 is 5.54. The van der Waals surface area contributed by atoms with Gasteiger partial charge in [-0.2, -0.15) is 0 Å². The number of ketones is 1. The summed E-state index contributed by atoms with van der Waals surface area (Å²) in [5, 5.41) is 16.3. The lowest BCUT2D eigenvalue weighted by atomic mass is 9.71. The lowest BCUT2D eigenvalue weighted by molar-refractivity contribution is -0.436. The van der Waals surface area contributed by atoms with Gasteiger partial charge in [-0.25, -0.2) is 4.79 Å². The van der Waals surface area contributed by atoms with Crippen LogP contribution in [0.3, 0.4) is 0 Å². The van der Waals surface area contributed by atoms with E-state index in [-0.39, 0.29) is 29.4 Å². The van der Waals surface area contributed by atoms with E-state index in [1.807, 2.05) is 0 Å². The van der Waals surface area contributed by atoms with Crippen LogP contribution in [0, 0.1) is 10.1 Å². The van der Waals surface area contributed by atoms with Crippen molar-refractivity contribution in [1.29, 1.82) is 0 Å². The van der Waals surface area contributed by atoms with Gasteiger partial charge in [0.1, 0.15) is 5.56 Å². The number of Topliss-reactive ketones (excluding diaryl/α,β-unsaturated/α-hetero) is 1. The lowest BCUT2D eigenvalue weighted by Crippen LogP contribution is -2.49. The highest BCUT2D eigenvalue weighted by Gasteiger charge is 2.64. The highest BCUT2D eigenvalue weighted by molar-refractivity contribution is 6.23. The Labute approximate surface area is 167 Å². The molecule has 0 saturated carbocycles. The second kappa shape index (κ2) is 5.89. The molecule has 2 aromatic carbocycles. The third-order valence-electron chi connectivity index (χ3n) is 5.47. The SMILES string of the molecule is CCNC1=C([N+](=O)[O-])C2(C(=O)c3cccc4cccc2c34)c2c([nH]c(=O)[nH]c2=O)O1. The standard InChI is InChI=1S/C20H14N4O6/c1-2-21-18-14(24(28)29)20(13-16(26)22-19(27)23-17(13)30-18)11-8-4-6-9-5-3-7-10(12(9)11)15(20)25/h3-8,21H,2H2,1H3,(H2,22,23,26,27). The Morgan fingerprint density at radius 3 is 2.57 bits per heavy atom. The van der Waals surface area contributed by atoms with Crippen LogP contribution in [0.5, 0.6) is 5.88 Å². The second-order valence-corrected chi connectivity index (χ2v) is 6.97. The molecule has 1 atom stereocenters. The molecule has 5 rings (SSSR count). The molecule has 2 heterocycles. The molecule has 3 N–H and O–H groups in total. The van der Waals surface area contributed by atoms with Crippen molar-refractivity contribution >= 4 is 16.6 Å². The minimum atomic E-state index is -2.07. The van der Waals surface area contributed by atoms with Gasteiger partial charge in [-0.3, -0.25) is 29.7 Å². The molecule has 0 saturated heterocycles. The summed E-state index contributed by atoms with van der Waals surface area (Å²) in [5.41, 5.74) is -4.21. The van der Waals surface area contributed by atoms with Gasteiger partial charge in [0, 0.05) is 12.1 Å². The van der Waals surface area contributed by atoms with Gasteiger partial charge in [-0.15, -0.1) is 0 Å². The summed E-state index contributed by atoms with van der Waals surface area (Å²) in [5.74, 6) is -1.23. The number of benzene rings is 2. The molecule has 1 aliphatic carbocycles. The second-order valence-electron chi connectivity index (χ2n) is 6.97. The first-order chi connectivity index (χ1) is 14.4. The van der Waals surface area contributed by atoms with Gasteiger partial charge >= 0.3 is 11.4 Å². The summed E-state index contributed by atoms with van der Waals surface area (Å²) in [6.45, 7) is 1.94. The fourth-order valence-electron chi connectivity index (χ4n) is 4.47. The molecule has 1 unspecified atom stereocenters. The largest absolute Gasteiger partial charge is 0.418 e. The van der Waals surface area contributed by atoms with Crippen LogP contribution in [0.4, 0.5) is 0 Å². The first-order valence-corrected chi connectivity index (χ1v) is 9.16. The quantitative estimate of drug-likeness (QED) is 0.436. The zero-order valence-electron chi connectivity index (χ0n) is 15.6. The van der Waals surface area contributed by atoms with E-state index in [2.05, 4.69) is 15.3 Å². The lowest BCUT2D eigenvalue weighted by Gasteiger charge is -2.31. The van der Waals surface area contributed by atoms with Crippen LogP contribution in [0.15, 0.2) is 57.6 Å². The number of nitrogens with zero attached hydrogens (tertiary/aromatic N) is 1. The summed E-state index contributed by atoms with van der Waals surface area (Å²) >= 11 is 0. The number of aromatic nitrogens is 2. The molecule has 2 aliphatic rings. The van der Waals surface area contributed by atoms with Crippen LogP contribution in [0.25, 0.3) is 10.8 Å². The normalized spacial score (nSPS) is 19.2. The third-order valence-corrected chi connectivity index (χ3v) is 5.47. The number of nitro groups is 1. The van der Waals surface area contributed by atoms with Gasteiger partial charge < -0.3 is 10.1 Å². The summed E-state index contributed by atoms with van der Waals surface area (Å²) in [6.07, 6.45) is 0. The Morgan fingerprint density at radius 2 is 1.87 bits per heavy atom. The number of carbonyl (C=O) groups excluding carboxylic acids is 1. The van der Waals surface area contributed by atoms with E-state index >= 15 is 0 Å². The number of ether oxygens (including phenoxy) is 1. The van der Waals surface area contributed by atoms with Gasteiger partial charge in [0.15, 0.2) is 11.2 Å². The molecule has 3 aromatic rings. The van der Waals surface area contributed by atoms with Crippen molar-refractivity contribution in [1.82, 2.24) is 15.3 Å². The van der Waals surface area contributed by atoms with Crippen LogP contribution in [-0.4, -0.2) is 27.2 Å². The van der Waals surface area contributed by atoms with Crippen LogP contribution < -0.4 is 21.3 Å². The highest BCUT2D eigenvalue weighted by Crippen LogP contribution is 2.53. The van der Waals surface area contributed by atoms with Gasteiger partial charge in [0.2, 0.25) is 5.88 Å². The van der Waals surface area contributed by atoms with E-state index < -0.39 is 33.1 Å². The van der Waals surface area contributed by atoms with Gasteiger partial charge in [-0.1, -0.05) is 36.4 Å². The minimum absolute atomic E-state index is 0.247. The van der Waals surface area contributed by atoms with E-state index in [4.69, 9.17) is 4.74 Å². The molecule has 150 valence electrons. The molecule has 0 radical (unpaired) electrons. The van der Waals surface area contributed by atoms with E-state index in [1.54, 1.807) is 43.3 Å². The molecular weight excluding hydrogens is 392 g/mol. The predicted octanol–water partition coefficient (Wildman–Crippen LogP) is 1.15. The van der Waals surface area contributed by atoms with Crippen molar-refractivity contribution in [2.45, 2.75) is 12.3 Å². The number of hydrogen-bond donors (Lipinski definition) is 3. The smallest absolute Gasteiger partial charge is 0.328 e. The maximum atomic E-state index is 13.9. The molecule has 0 amide bonds. The van der Waals surface area contributed by atoms with Crippen LogP contribution >= 0.6 is 0 Å². The summed E-state index contributed by atoms with van der Waals surface area (Å²) in [7, 11) is 0. The van der Waals surface area contributed by atoms with Crippen molar-refractivity contribution < 1.29 is 14.5 Å². The van der Waals surface area contributed by atoms with Crippen molar-refractivity contribution in [2.75, 3.05) is 6.54 Å². The molecule has 0 bridgehead atoms. The topological polar surface area (TPSA) is 147 Å². The fourth-order valence-corrected chi connectivity index (χ4v) is 4.47. The van der Waals surface area contributed by atoms with Gasteiger partial charge in [0.05, 0.1) is 4.92 Å². The Balaban J connectivity index is 2.04. The number of hydrogen-bond acceptors (Lipinski definition) is 7.